The number of ether oxygens (including phenoxy) is 1. The van der Waals surface area contributed by atoms with Gasteiger partial charge in [-0.15, -0.1) is 16.7 Å². The first-order valence-electron chi connectivity index (χ1n) is 4.71. The van der Waals surface area contributed by atoms with Gasteiger partial charge in [0.2, 0.25) is 0 Å². The molecule has 0 aliphatic heterocycles. The van der Waals surface area contributed by atoms with E-state index in [4.69, 9.17) is 11.2 Å². The summed E-state index contributed by atoms with van der Waals surface area (Å²) < 4.78 is 13.7. The summed E-state index contributed by atoms with van der Waals surface area (Å²) in [5.41, 5.74) is 1.61. The van der Waals surface area contributed by atoms with E-state index >= 15 is 0 Å². The molecule has 0 aliphatic rings. The SMILES string of the molecule is C#CCCOc1nsnc1-c1cccnc1. The van der Waals surface area contributed by atoms with E-state index < -0.39 is 0 Å². The molecule has 2 aromatic rings. The number of rotatable bonds is 4. The number of terminal acetylenes is 1. The molecule has 2 rings (SSSR count). The minimum absolute atomic E-state index is 0.454. The van der Waals surface area contributed by atoms with E-state index in [1.165, 1.54) is 0 Å². The molecule has 0 spiro atoms. The Hall–Kier alpha value is -1.93. The van der Waals surface area contributed by atoms with Gasteiger partial charge in [0.05, 0.1) is 11.7 Å². The van der Waals surface area contributed by atoms with Crippen molar-refractivity contribution in [3.63, 3.8) is 0 Å². The maximum absolute atomic E-state index is 5.44. The van der Waals surface area contributed by atoms with Crippen LogP contribution in [0.3, 0.4) is 0 Å². The van der Waals surface area contributed by atoms with Crippen molar-refractivity contribution in [3.8, 4) is 29.5 Å². The van der Waals surface area contributed by atoms with Crippen LogP contribution in [0.1, 0.15) is 6.42 Å². The van der Waals surface area contributed by atoms with Crippen molar-refractivity contribution >= 4 is 11.7 Å². The Labute approximate surface area is 97.6 Å². The molecule has 0 fully saturated rings. The molecule has 16 heavy (non-hydrogen) atoms. The molecular formula is C11H9N3OS. The fourth-order valence-corrected chi connectivity index (χ4v) is 1.68. The van der Waals surface area contributed by atoms with Gasteiger partial charge in [0, 0.05) is 24.4 Å². The van der Waals surface area contributed by atoms with E-state index in [9.17, 15) is 0 Å². The summed E-state index contributed by atoms with van der Waals surface area (Å²) >= 11 is 1.11. The summed E-state index contributed by atoms with van der Waals surface area (Å²) in [4.78, 5) is 4.03. The third-order valence-corrected chi connectivity index (χ3v) is 2.39. The van der Waals surface area contributed by atoms with Gasteiger partial charge in [-0.2, -0.15) is 4.37 Å². The maximum Gasteiger partial charge on any atom is 0.254 e. The Bertz CT molecular complexity index is 489. The van der Waals surface area contributed by atoms with E-state index in [-0.39, 0.29) is 0 Å². The predicted molar refractivity (Wildman–Crippen MR) is 62.1 cm³/mol. The van der Waals surface area contributed by atoms with Gasteiger partial charge in [0.25, 0.3) is 5.88 Å². The van der Waals surface area contributed by atoms with E-state index in [1.54, 1.807) is 12.4 Å². The number of hydrogen-bond donors (Lipinski definition) is 0. The lowest BCUT2D eigenvalue weighted by atomic mass is 10.2. The van der Waals surface area contributed by atoms with Crippen LogP contribution in [0.25, 0.3) is 11.3 Å². The van der Waals surface area contributed by atoms with Crippen LogP contribution in [0.15, 0.2) is 24.5 Å². The van der Waals surface area contributed by atoms with Crippen LogP contribution in [0.4, 0.5) is 0 Å². The summed E-state index contributed by atoms with van der Waals surface area (Å²) in [6.07, 6.45) is 9.14. The molecule has 5 heteroatoms. The van der Waals surface area contributed by atoms with Crippen LogP contribution in [0.5, 0.6) is 5.88 Å². The molecule has 0 atom stereocenters. The minimum atomic E-state index is 0.454. The smallest absolute Gasteiger partial charge is 0.254 e. The van der Waals surface area contributed by atoms with E-state index in [1.807, 2.05) is 12.1 Å². The molecule has 4 nitrogen and oxygen atoms in total. The average molecular weight is 231 g/mol. The van der Waals surface area contributed by atoms with Gasteiger partial charge in [-0.05, 0) is 12.1 Å². The second-order valence-electron chi connectivity index (χ2n) is 2.96. The molecule has 0 unspecified atom stereocenters. The molecule has 80 valence electrons. The normalized spacial score (nSPS) is 9.69. The first-order valence-corrected chi connectivity index (χ1v) is 5.44. The molecule has 2 heterocycles. The number of nitrogens with zero attached hydrogens (tertiary/aromatic N) is 3. The van der Waals surface area contributed by atoms with Crippen molar-refractivity contribution in [2.45, 2.75) is 6.42 Å². The number of pyridine rings is 1. The summed E-state index contributed by atoms with van der Waals surface area (Å²) in [5.74, 6) is 3.03. The van der Waals surface area contributed by atoms with Crippen molar-refractivity contribution in [3.05, 3.63) is 24.5 Å². The highest BCUT2D eigenvalue weighted by Gasteiger charge is 2.11. The van der Waals surface area contributed by atoms with Gasteiger partial charge >= 0.3 is 0 Å². The molecule has 0 aromatic carbocycles. The Morgan fingerprint density at radius 3 is 3.12 bits per heavy atom. The molecule has 0 radical (unpaired) electrons. The summed E-state index contributed by atoms with van der Waals surface area (Å²) in [7, 11) is 0. The molecule has 0 saturated heterocycles. The first kappa shape index (κ1) is 10.6. The quantitative estimate of drug-likeness (QED) is 0.596. The average Bonchev–Trinajstić information content (AvgIpc) is 2.79. The van der Waals surface area contributed by atoms with Crippen LogP contribution < -0.4 is 4.74 Å². The van der Waals surface area contributed by atoms with Gasteiger partial charge in [-0.1, -0.05) is 0 Å². The second-order valence-corrected chi connectivity index (χ2v) is 3.49. The highest BCUT2D eigenvalue weighted by atomic mass is 32.1. The predicted octanol–water partition coefficient (Wildman–Crippen LogP) is 2.00. The molecular weight excluding hydrogens is 222 g/mol. The third kappa shape index (κ3) is 2.35. The first-order chi connectivity index (χ1) is 7.92. The third-order valence-electron chi connectivity index (χ3n) is 1.88. The molecule has 0 amide bonds. The fourth-order valence-electron chi connectivity index (χ4n) is 1.16. The molecule has 0 aliphatic carbocycles. The van der Waals surface area contributed by atoms with Crippen molar-refractivity contribution < 1.29 is 4.74 Å². The lowest BCUT2D eigenvalue weighted by molar-refractivity contribution is 0.319. The van der Waals surface area contributed by atoms with Crippen LogP contribution in [-0.4, -0.2) is 20.3 Å². The van der Waals surface area contributed by atoms with Crippen molar-refractivity contribution in [1.29, 1.82) is 0 Å². The molecule has 0 N–H and O–H groups in total. The molecule has 0 saturated carbocycles. The lowest BCUT2D eigenvalue weighted by Gasteiger charge is -2.01. The van der Waals surface area contributed by atoms with Crippen molar-refractivity contribution in [2.24, 2.45) is 0 Å². The monoisotopic (exact) mass is 231 g/mol. The molecule has 0 bridgehead atoms. The Morgan fingerprint density at radius 2 is 2.38 bits per heavy atom. The maximum atomic E-state index is 5.44. The van der Waals surface area contributed by atoms with Gasteiger partial charge in [0.15, 0.2) is 0 Å². The zero-order valence-corrected chi connectivity index (χ0v) is 9.28. The topological polar surface area (TPSA) is 47.9 Å². The van der Waals surface area contributed by atoms with Crippen LogP contribution >= 0.6 is 11.7 Å². The van der Waals surface area contributed by atoms with E-state index in [0.29, 0.717) is 18.9 Å². The highest BCUT2D eigenvalue weighted by molar-refractivity contribution is 6.99. The summed E-state index contributed by atoms with van der Waals surface area (Å²) in [5, 5.41) is 0. The highest BCUT2D eigenvalue weighted by Crippen LogP contribution is 2.26. The van der Waals surface area contributed by atoms with Gasteiger partial charge in [-0.25, -0.2) is 0 Å². The lowest BCUT2D eigenvalue weighted by Crippen LogP contribution is -1.97. The minimum Gasteiger partial charge on any atom is -0.474 e. The van der Waals surface area contributed by atoms with Crippen LogP contribution in [-0.2, 0) is 0 Å². The Kier molecular flexibility index (Phi) is 3.46. The standard InChI is InChI=1S/C11H9N3OS/c1-2-3-7-15-11-10(13-16-14-11)9-5-4-6-12-8-9/h1,4-6,8H,3,7H2. The van der Waals surface area contributed by atoms with E-state index in [2.05, 4.69) is 19.7 Å². The largest absolute Gasteiger partial charge is 0.474 e. The zero-order chi connectivity index (χ0) is 11.2. The van der Waals surface area contributed by atoms with Crippen LogP contribution in [0, 0.1) is 12.3 Å². The summed E-state index contributed by atoms with van der Waals surface area (Å²) in [6, 6.07) is 3.76. The Morgan fingerprint density at radius 1 is 1.44 bits per heavy atom. The van der Waals surface area contributed by atoms with E-state index in [0.717, 1.165) is 23.0 Å². The fraction of sp³-hybridized carbons (Fsp3) is 0.182. The van der Waals surface area contributed by atoms with Crippen molar-refractivity contribution in [2.75, 3.05) is 6.61 Å². The summed E-state index contributed by atoms with van der Waals surface area (Å²) in [6.45, 7) is 0.454. The number of hydrogen-bond acceptors (Lipinski definition) is 5. The second kappa shape index (κ2) is 5.24. The van der Waals surface area contributed by atoms with Gasteiger partial charge in [-0.3, -0.25) is 4.98 Å². The zero-order valence-electron chi connectivity index (χ0n) is 8.46. The van der Waals surface area contributed by atoms with Gasteiger partial charge < -0.3 is 4.74 Å². The Balaban J connectivity index is 2.17. The number of aromatic nitrogens is 3. The van der Waals surface area contributed by atoms with Crippen molar-refractivity contribution in [1.82, 2.24) is 13.7 Å². The van der Waals surface area contributed by atoms with Gasteiger partial charge in [0.1, 0.15) is 12.3 Å². The van der Waals surface area contributed by atoms with Crippen LogP contribution in [0.2, 0.25) is 0 Å². The molecule has 2 aromatic heterocycles.